The molecule has 0 N–H and O–H groups in total. The molecular formula is C29H23N5O3. The van der Waals surface area contributed by atoms with E-state index in [0.29, 0.717) is 16.7 Å². The van der Waals surface area contributed by atoms with E-state index in [1.54, 1.807) is 12.1 Å². The molecule has 8 nitrogen and oxygen atoms in total. The summed E-state index contributed by atoms with van der Waals surface area (Å²) >= 11 is 0. The number of aryl methyl sites for hydroxylation is 2. The first-order valence-corrected chi connectivity index (χ1v) is 12.3. The number of rotatable bonds is 2. The predicted molar refractivity (Wildman–Crippen MR) is 139 cm³/mol. The Morgan fingerprint density at radius 1 is 0.865 bits per heavy atom. The maximum absolute atomic E-state index is 14.2. The van der Waals surface area contributed by atoms with E-state index in [1.807, 2.05) is 85.5 Å². The van der Waals surface area contributed by atoms with Crippen LogP contribution in [0.4, 0.5) is 11.4 Å². The Balaban J connectivity index is 1.40. The van der Waals surface area contributed by atoms with E-state index in [4.69, 9.17) is 0 Å². The highest BCUT2D eigenvalue weighted by Crippen LogP contribution is 2.49. The first kappa shape index (κ1) is 21.7. The second-order valence-corrected chi connectivity index (χ2v) is 9.94. The van der Waals surface area contributed by atoms with E-state index in [-0.39, 0.29) is 17.7 Å². The molecule has 0 bridgehead atoms. The molecule has 4 aromatic rings. The molecule has 3 aliphatic rings. The van der Waals surface area contributed by atoms with Crippen molar-refractivity contribution in [1.29, 1.82) is 0 Å². The van der Waals surface area contributed by atoms with Crippen LogP contribution in [0.5, 0.6) is 0 Å². The van der Waals surface area contributed by atoms with Crippen LogP contribution in [0.2, 0.25) is 0 Å². The van der Waals surface area contributed by atoms with Crippen LogP contribution in [0.25, 0.3) is 17.1 Å². The zero-order valence-electron chi connectivity index (χ0n) is 20.3. The van der Waals surface area contributed by atoms with E-state index in [0.717, 1.165) is 22.4 Å². The van der Waals surface area contributed by atoms with E-state index in [9.17, 15) is 14.4 Å². The molecule has 0 spiro atoms. The molecule has 182 valence electrons. The van der Waals surface area contributed by atoms with Gasteiger partial charge in [-0.05, 0) is 49.2 Å². The maximum atomic E-state index is 14.2. The fourth-order valence-electron chi connectivity index (χ4n) is 6.25. The number of anilines is 2. The summed E-state index contributed by atoms with van der Waals surface area (Å²) in [6.07, 6.45) is 3.92. The molecule has 37 heavy (non-hydrogen) atoms. The SMILES string of the molecule is Cc1ccc(N2C(=O)[C@@H]3[C@H](C2=O)[C@@H](C(=O)n2nnc4ccccc42)N2c4ccccc4C=C[C@@H]32)c(C)c1. The number of hydrogen-bond donors (Lipinski definition) is 0. The van der Waals surface area contributed by atoms with Gasteiger partial charge in [0.1, 0.15) is 11.6 Å². The Morgan fingerprint density at radius 2 is 1.62 bits per heavy atom. The predicted octanol–water partition coefficient (Wildman–Crippen LogP) is 3.78. The molecule has 8 heteroatoms. The van der Waals surface area contributed by atoms with Crippen LogP contribution >= 0.6 is 0 Å². The van der Waals surface area contributed by atoms with Crippen LogP contribution in [0.1, 0.15) is 21.5 Å². The second-order valence-electron chi connectivity index (χ2n) is 9.94. The van der Waals surface area contributed by atoms with Crippen molar-refractivity contribution in [3.8, 4) is 0 Å². The lowest BCUT2D eigenvalue weighted by atomic mass is 9.88. The number of para-hydroxylation sites is 2. The lowest BCUT2D eigenvalue weighted by Gasteiger charge is -2.36. The molecule has 2 amide bonds. The summed E-state index contributed by atoms with van der Waals surface area (Å²) in [6.45, 7) is 3.86. The molecule has 3 aliphatic heterocycles. The van der Waals surface area contributed by atoms with Crippen molar-refractivity contribution in [3.63, 3.8) is 0 Å². The second kappa shape index (κ2) is 7.70. The molecule has 1 aromatic heterocycles. The van der Waals surface area contributed by atoms with Crippen molar-refractivity contribution >= 4 is 46.2 Å². The van der Waals surface area contributed by atoms with Crippen molar-refractivity contribution in [2.45, 2.75) is 25.9 Å². The fraction of sp³-hybridized carbons (Fsp3) is 0.207. The molecule has 0 radical (unpaired) electrons. The minimum Gasteiger partial charge on any atom is -0.351 e. The smallest absolute Gasteiger partial charge is 0.272 e. The Labute approximate surface area is 212 Å². The van der Waals surface area contributed by atoms with Crippen molar-refractivity contribution < 1.29 is 14.4 Å². The van der Waals surface area contributed by atoms with Crippen LogP contribution in [0.3, 0.4) is 0 Å². The number of amides is 2. The van der Waals surface area contributed by atoms with Gasteiger partial charge in [-0.15, -0.1) is 5.10 Å². The minimum absolute atomic E-state index is 0.278. The highest BCUT2D eigenvalue weighted by molar-refractivity contribution is 6.25. The molecule has 4 atom stereocenters. The highest BCUT2D eigenvalue weighted by Gasteiger charge is 2.64. The molecule has 0 aliphatic carbocycles. The average molecular weight is 490 g/mol. The molecule has 0 saturated carbocycles. The van der Waals surface area contributed by atoms with E-state index in [2.05, 4.69) is 10.3 Å². The first-order chi connectivity index (χ1) is 18.0. The summed E-state index contributed by atoms with van der Waals surface area (Å²) in [7, 11) is 0. The van der Waals surface area contributed by atoms with E-state index < -0.39 is 23.9 Å². The largest absolute Gasteiger partial charge is 0.351 e. The molecule has 3 aromatic carbocycles. The quantitative estimate of drug-likeness (QED) is 0.398. The Kier molecular flexibility index (Phi) is 4.51. The summed E-state index contributed by atoms with van der Waals surface area (Å²) in [5, 5.41) is 8.31. The molecule has 0 unspecified atom stereocenters. The number of imide groups is 1. The van der Waals surface area contributed by atoms with Crippen LogP contribution in [-0.2, 0) is 9.59 Å². The van der Waals surface area contributed by atoms with Gasteiger partial charge in [-0.25, -0.2) is 4.90 Å². The van der Waals surface area contributed by atoms with Crippen molar-refractivity contribution in [2.75, 3.05) is 9.80 Å². The zero-order chi connectivity index (χ0) is 25.4. The number of benzene rings is 3. The van der Waals surface area contributed by atoms with Crippen LogP contribution in [-0.4, -0.2) is 44.8 Å². The van der Waals surface area contributed by atoms with Gasteiger partial charge in [0.05, 0.1) is 29.1 Å². The lowest BCUT2D eigenvalue weighted by Crippen LogP contribution is -2.50. The summed E-state index contributed by atoms with van der Waals surface area (Å²) in [5.41, 5.74) is 5.37. The Bertz CT molecular complexity index is 1670. The van der Waals surface area contributed by atoms with Crippen LogP contribution in [0, 0.1) is 25.7 Å². The molecular weight excluding hydrogens is 466 g/mol. The maximum Gasteiger partial charge on any atom is 0.272 e. The third-order valence-corrected chi connectivity index (χ3v) is 7.82. The monoisotopic (exact) mass is 489 g/mol. The minimum atomic E-state index is -0.918. The number of carbonyl (C=O) groups is 3. The fourth-order valence-corrected chi connectivity index (χ4v) is 6.25. The van der Waals surface area contributed by atoms with Gasteiger partial charge >= 0.3 is 0 Å². The van der Waals surface area contributed by atoms with Gasteiger partial charge in [0, 0.05) is 5.69 Å². The molecule has 4 heterocycles. The van der Waals surface area contributed by atoms with Crippen LogP contribution < -0.4 is 9.80 Å². The summed E-state index contributed by atoms with van der Waals surface area (Å²) in [6, 6.07) is 19.3. The number of fused-ring (bicyclic) bond motifs is 6. The van der Waals surface area contributed by atoms with Crippen molar-refractivity contribution in [2.24, 2.45) is 11.8 Å². The number of nitrogens with zero attached hydrogens (tertiary/aromatic N) is 5. The van der Waals surface area contributed by atoms with Crippen molar-refractivity contribution in [3.05, 3.63) is 89.5 Å². The van der Waals surface area contributed by atoms with Gasteiger partial charge in [-0.3, -0.25) is 14.4 Å². The van der Waals surface area contributed by atoms with Gasteiger partial charge in [0.25, 0.3) is 5.91 Å². The standard InChI is InChI=1S/C29H23N5O3/c1-16-11-13-20(17(2)15-16)33-27(35)24-23-14-12-18-7-3-5-9-21(18)32(23)26(25(24)28(33)36)29(37)34-22-10-6-4-8-19(22)30-31-34/h3-15,23-26H,1-2H3/t23-,24-,25-,26-/m0/s1. The van der Waals surface area contributed by atoms with Gasteiger partial charge in [-0.1, -0.05) is 65.4 Å². The molecule has 2 fully saturated rings. The third-order valence-electron chi connectivity index (χ3n) is 7.82. The number of hydrogen-bond acceptors (Lipinski definition) is 6. The first-order valence-electron chi connectivity index (χ1n) is 12.3. The van der Waals surface area contributed by atoms with E-state index in [1.165, 1.54) is 9.58 Å². The highest BCUT2D eigenvalue weighted by atomic mass is 16.2. The molecule has 2 saturated heterocycles. The van der Waals surface area contributed by atoms with E-state index >= 15 is 0 Å². The van der Waals surface area contributed by atoms with Crippen LogP contribution in [0.15, 0.2) is 72.8 Å². The number of carbonyl (C=O) groups excluding carboxylic acids is 3. The summed E-state index contributed by atoms with van der Waals surface area (Å²) in [5.74, 6) is -2.56. The summed E-state index contributed by atoms with van der Waals surface area (Å²) < 4.78 is 1.28. The number of aromatic nitrogens is 3. The topological polar surface area (TPSA) is 88.4 Å². The average Bonchev–Trinajstić information content (AvgIpc) is 3.55. The summed E-state index contributed by atoms with van der Waals surface area (Å²) in [4.78, 5) is 45.5. The normalized spacial score (nSPS) is 23.9. The van der Waals surface area contributed by atoms with Gasteiger partial charge in [-0.2, -0.15) is 4.68 Å². The van der Waals surface area contributed by atoms with Gasteiger partial charge < -0.3 is 4.90 Å². The lowest BCUT2D eigenvalue weighted by molar-refractivity contribution is -0.122. The van der Waals surface area contributed by atoms with Gasteiger partial charge in [0.15, 0.2) is 0 Å². The molecule has 7 rings (SSSR count). The van der Waals surface area contributed by atoms with Gasteiger partial charge in [0.2, 0.25) is 11.8 Å². The Hall–Kier alpha value is -4.59. The Morgan fingerprint density at radius 3 is 2.46 bits per heavy atom. The van der Waals surface area contributed by atoms with Crippen molar-refractivity contribution in [1.82, 2.24) is 15.0 Å². The third kappa shape index (κ3) is 2.92. The zero-order valence-corrected chi connectivity index (χ0v) is 20.3.